The molecule has 1 amide bonds. The lowest BCUT2D eigenvalue weighted by atomic mass is 10.3. The maximum Gasteiger partial charge on any atom is 0.237 e. The van der Waals surface area contributed by atoms with Gasteiger partial charge >= 0.3 is 0 Å². The fourth-order valence-corrected chi connectivity index (χ4v) is 2.16. The Bertz CT molecular complexity index is 527. The molecule has 1 unspecified atom stereocenters. The third kappa shape index (κ3) is 3.27. The Hall–Kier alpha value is -1.95. The van der Waals surface area contributed by atoms with Crippen molar-refractivity contribution in [3.05, 3.63) is 36.7 Å². The van der Waals surface area contributed by atoms with Crippen LogP contribution in [-0.2, 0) is 4.79 Å². The zero-order valence-corrected chi connectivity index (χ0v) is 10.7. The zero-order chi connectivity index (χ0) is 13.0. The van der Waals surface area contributed by atoms with Gasteiger partial charge in [-0.2, -0.15) is 0 Å². The number of hydrogen-bond donors (Lipinski definition) is 3. The summed E-state index contributed by atoms with van der Waals surface area (Å²) in [7, 11) is 0. The van der Waals surface area contributed by atoms with E-state index in [9.17, 15) is 4.79 Å². The van der Waals surface area contributed by atoms with Crippen molar-refractivity contribution in [1.82, 2.24) is 9.97 Å². The molecule has 0 fully saturated rings. The molecule has 0 spiro atoms. The lowest BCUT2D eigenvalue weighted by Gasteiger charge is -2.10. The molecule has 0 aliphatic heterocycles. The highest BCUT2D eigenvalue weighted by atomic mass is 32.2. The molecule has 0 saturated heterocycles. The molecule has 94 valence electrons. The first-order valence-electron chi connectivity index (χ1n) is 5.47. The van der Waals surface area contributed by atoms with E-state index in [0.29, 0.717) is 11.4 Å². The van der Waals surface area contributed by atoms with Crippen LogP contribution in [0, 0.1) is 0 Å². The highest BCUT2D eigenvalue weighted by Crippen LogP contribution is 2.20. The molecule has 1 atom stereocenters. The second kappa shape index (κ2) is 5.59. The number of nitrogens with two attached hydrogens (primary N) is 1. The first-order chi connectivity index (χ1) is 8.65. The monoisotopic (exact) mass is 262 g/mol. The van der Waals surface area contributed by atoms with Crippen LogP contribution in [0.4, 0.5) is 11.4 Å². The fraction of sp³-hybridized carbons (Fsp3) is 0.167. The van der Waals surface area contributed by atoms with Gasteiger partial charge in [-0.05, 0) is 25.1 Å². The van der Waals surface area contributed by atoms with Crippen molar-refractivity contribution in [1.29, 1.82) is 0 Å². The average molecular weight is 262 g/mol. The van der Waals surface area contributed by atoms with Gasteiger partial charge in [0.05, 0.1) is 5.25 Å². The van der Waals surface area contributed by atoms with Crippen molar-refractivity contribution in [2.24, 2.45) is 0 Å². The Kier molecular flexibility index (Phi) is 3.88. The molecule has 0 radical (unpaired) electrons. The number of carbonyl (C=O) groups excluding carboxylic acids is 1. The normalized spacial score (nSPS) is 12.1. The van der Waals surface area contributed by atoms with Gasteiger partial charge in [-0.3, -0.25) is 4.79 Å². The van der Waals surface area contributed by atoms with E-state index in [0.717, 1.165) is 5.16 Å². The standard InChI is InChI=1S/C12H14N4OS/c1-8(18-12-14-5-6-15-12)11(17)16-10-4-2-3-9(13)7-10/h2-8H,13H2,1H3,(H,14,15)(H,16,17). The molecule has 0 aliphatic carbocycles. The van der Waals surface area contributed by atoms with E-state index < -0.39 is 0 Å². The fourth-order valence-electron chi connectivity index (χ4n) is 1.40. The number of imidazole rings is 1. The van der Waals surface area contributed by atoms with Gasteiger partial charge in [-0.1, -0.05) is 17.8 Å². The lowest BCUT2D eigenvalue weighted by molar-refractivity contribution is -0.115. The molecular formula is C12H14N4OS. The van der Waals surface area contributed by atoms with E-state index >= 15 is 0 Å². The Morgan fingerprint density at radius 1 is 1.56 bits per heavy atom. The maximum atomic E-state index is 11.9. The summed E-state index contributed by atoms with van der Waals surface area (Å²) in [5, 5.41) is 3.30. The van der Waals surface area contributed by atoms with Crippen molar-refractivity contribution in [3.63, 3.8) is 0 Å². The van der Waals surface area contributed by atoms with E-state index in [1.54, 1.807) is 36.7 Å². The number of nitrogens with one attached hydrogen (secondary N) is 2. The van der Waals surface area contributed by atoms with Gasteiger partial charge in [0.2, 0.25) is 5.91 Å². The van der Waals surface area contributed by atoms with Gasteiger partial charge < -0.3 is 16.0 Å². The number of amides is 1. The topological polar surface area (TPSA) is 83.8 Å². The summed E-state index contributed by atoms with van der Waals surface area (Å²) in [5.41, 5.74) is 6.97. The Labute approximate surface area is 109 Å². The van der Waals surface area contributed by atoms with Gasteiger partial charge in [0, 0.05) is 23.8 Å². The van der Waals surface area contributed by atoms with Crippen molar-refractivity contribution in [2.45, 2.75) is 17.3 Å². The van der Waals surface area contributed by atoms with Gasteiger partial charge in [0.15, 0.2) is 5.16 Å². The predicted molar refractivity (Wildman–Crippen MR) is 73.4 cm³/mol. The molecule has 0 aliphatic rings. The van der Waals surface area contributed by atoms with Crippen LogP contribution < -0.4 is 11.1 Å². The van der Waals surface area contributed by atoms with Crippen LogP contribution in [0.1, 0.15) is 6.92 Å². The molecule has 18 heavy (non-hydrogen) atoms. The molecule has 5 nitrogen and oxygen atoms in total. The summed E-state index contributed by atoms with van der Waals surface area (Å²) in [6.45, 7) is 1.83. The summed E-state index contributed by atoms with van der Waals surface area (Å²) in [6, 6.07) is 7.10. The maximum absolute atomic E-state index is 11.9. The van der Waals surface area contributed by atoms with Crippen molar-refractivity contribution in [2.75, 3.05) is 11.1 Å². The molecular weight excluding hydrogens is 248 g/mol. The summed E-state index contributed by atoms with van der Waals surface area (Å²) in [4.78, 5) is 19.0. The predicted octanol–water partition coefficient (Wildman–Crippen LogP) is 2.11. The second-order valence-corrected chi connectivity index (χ2v) is 5.10. The quantitative estimate of drug-likeness (QED) is 0.582. The number of hydrogen-bond acceptors (Lipinski definition) is 4. The number of anilines is 2. The summed E-state index contributed by atoms with van der Waals surface area (Å²) in [5.74, 6) is -0.0815. The number of rotatable bonds is 4. The third-order valence-corrected chi connectivity index (χ3v) is 3.30. The highest BCUT2D eigenvalue weighted by molar-refractivity contribution is 8.00. The minimum absolute atomic E-state index is 0.0815. The number of H-pyrrole nitrogens is 1. The molecule has 0 saturated carbocycles. The van der Waals surface area contributed by atoms with E-state index in [-0.39, 0.29) is 11.2 Å². The van der Waals surface area contributed by atoms with Crippen LogP contribution in [0.5, 0.6) is 0 Å². The molecule has 4 N–H and O–H groups in total. The van der Waals surface area contributed by atoms with Gasteiger partial charge in [-0.25, -0.2) is 4.98 Å². The van der Waals surface area contributed by atoms with Crippen molar-refractivity contribution >= 4 is 29.0 Å². The molecule has 2 rings (SSSR count). The van der Waals surface area contributed by atoms with Crippen LogP contribution in [0.15, 0.2) is 41.8 Å². The first kappa shape index (κ1) is 12.5. The lowest BCUT2D eigenvalue weighted by Crippen LogP contribution is -2.22. The highest BCUT2D eigenvalue weighted by Gasteiger charge is 2.15. The van der Waals surface area contributed by atoms with E-state index in [1.807, 2.05) is 6.92 Å². The number of benzene rings is 1. The molecule has 0 bridgehead atoms. The van der Waals surface area contributed by atoms with E-state index in [4.69, 9.17) is 5.73 Å². The molecule has 1 heterocycles. The Morgan fingerprint density at radius 2 is 2.39 bits per heavy atom. The second-order valence-electron chi connectivity index (χ2n) is 3.77. The minimum Gasteiger partial charge on any atom is -0.399 e. The molecule has 1 aromatic heterocycles. The smallest absolute Gasteiger partial charge is 0.237 e. The van der Waals surface area contributed by atoms with E-state index in [1.165, 1.54) is 11.8 Å². The largest absolute Gasteiger partial charge is 0.399 e. The van der Waals surface area contributed by atoms with E-state index in [2.05, 4.69) is 15.3 Å². The van der Waals surface area contributed by atoms with Gasteiger partial charge in [0.1, 0.15) is 0 Å². The average Bonchev–Trinajstić information content (AvgIpc) is 2.81. The van der Waals surface area contributed by atoms with Gasteiger partial charge in [-0.15, -0.1) is 0 Å². The Balaban J connectivity index is 1.95. The van der Waals surface area contributed by atoms with Crippen LogP contribution >= 0.6 is 11.8 Å². The summed E-state index contributed by atoms with van der Waals surface area (Å²) in [6.07, 6.45) is 3.38. The van der Waals surface area contributed by atoms with Crippen LogP contribution in [0.25, 0.3) is 0 Å². The number of carbonyl (C=O) groups is 1. The van der Waals surface area contributed by atoms with Crippen LogP contribution in [0.2, 0.25) is 0 Å². The number of aromatic nitrogens is 2. The number of nitrogen functional groups attached to an aromatic ring is 1. The summed E-state index contributed by atoms with van der Waals surface area (Å²) >= 11 is 1.37. The van der Waals surface area contributed by atoms with Crippen LogP contribution in [0.3, 0.4) is 0 Å². The number of nitrogens with zero attached hydrogens (tertiary/aromatic N) is 1. The minimum atomic E-state index is -0.238. The zero-order valence-electron chi connectivity index (χ0n) is 9.88. The molecule has 1 aromatic carbocycles. The molecule has 2 aromatic rings. The Morgan fingerprint density at radius 3 is 3.06 bits per heavy atom. The van der Waals surface area contributed by atoms with Crippen LogP contribution in [-0.4, -0.2) is 21.1 Å². The van der Waals surface area contributed by atoms with Crippen molar-refractivity contribution < 1.29 is 4.79 Å². The van der Waals surface area contributed by atoms with Gasteiger partial charge in [0.25, 0.3) is 0 Å². The first-order valence-corrected chi connectivity index (χ1v) is 6.35. The third-order valence-electron chi connectivity index (χ3n) is 2.28. The SMILES string of the molecule is CC(Sc1ncc[nH]1)C(=O)Nc1cccc(N)c1. The molecule has 6 heteroatoms. The summed E-state index contributed by atoms with van der Waals surface area (Å²) < 4.78 is 0. The number of thioether (sulfide) groups is 1. The van der Waals surface area contributed by atoms with Crippen molar-refractivity contribution in [3.8, 4) is 0 Å². The number of aromatic amines is 1.